The van der Waals surface area contributed by atoms with E-state index < -0.39 is 17.6 Å². The van der Waals surface area contributed by atoms with E-state index in [-0.39, 0.29) is 18.3 Å². The smallest absolute Gasteiger partial charge is 0.410 e. The number of hydrogen-bond acceptors (Lipinski definition) is 3. The first-order valence-corrected chi connectivity index (χ1v) is 11.6. The van der Waals surface area contributed by atoms with Crippen LogP contribution in [0.3, 0.4) is 0 Å². The van der Waals surface area contributed by atoms with E-state index in [0.717, 1.165) is 11.1 Å². The lowest BCUT2D eigenvalue weighted by Gasteiger charge is -2.40. The lowest BCUT2D eigenvalue weighted by atomic mass is 9.89. The molecule has 6 heteroatoms. The standard InChI is InChI=1S/C28H27FN2O3/c1-28(2,17-19-9-5-3-6-10-19)34-27(33)30-16-15-21(18-30)26(32)31-23-14-13-22(25(31)24(23)29)20-11-7-4-8-12-20/h3-14,21H,15-18H2,1-2H3. The topological polar surface area (TPSA) is 49.9 Å². The second-order valence-corrected chi connectivity index (χ2v) is 9.56. The van der Waals surface area contributed by atoms with Crippen LogP contribution in [0.15, 0.2) is 90.0 Å². The Hall–Kier alpha value is -3.67. The molecule has 2 amide bonds. The Morgan fingerprint density at radius 2 is 1.71 bits per heavy atom. The predicted octanol–water partition coefficient (Wildman–Crippen LogP) is 5.47. The monoisotopic (exact) mass is 458 g/mol. The van der Waals surface area contributed by atoms with Crippen molar-refractivity contribution >= 4 is 17.6 Å². The molecule has 34 heavy (non-hydrogen) atoms. The normalized spacial score (nSPS) is 19.4. The molecule has 0 radical (unpaired) electrons. The number of halogens is 1. The molecule has 0 spiro atoms. The molecule has 1 fully saturated rings. The van der Waals surface area contributed by atoms with Crippen LogP contribution in [0.5, 0.6) is 0 Å². The van der Waals surface area contributed by atoms with Crippen LogP contribution in [0.2, 0.25) is 0 Å². The second kappa shape index (κ2) is 8.60. The molecular formula is C28H27FN2O3. The number of fused-ring (bicyclic) bond motifs is 2. The van der Waals surface area contributed by atoms with E-state index in [1.54, 1.807) is 11.0 Å². The molecule has 0 saturated carbocycles. The van der Waals surface area contributed by atoms with Gasteiger partial charge in [-0.1, -0.05) is 60.7 Å². The number of carbonyl (C=O) groups excluding carboxylic acids is 2. The molecule has 3 aliphatic rings. The highest BCUT2D eigenvalue weighted by atomic mass is 19.1. The molecule has 1 saturated heterocycles. The van der Waals surface area contributed by atoms with Gasteiger partial charge in [-0.2, -0.15) is 0 Å². The molecule has 2 bridgehead atoms. The van der Waals surface area contributed by atoms with Gasteiger partial charge in [0.25, 0.3) is 0 Å². The summed E-state index contributed by atoms with van der Waals surface area (Å²) in [5.41, 5.74) is 2.58. The van der Waals surface area contributed by atoms with Gasteiger partial charge in [0.15, 0.2) is 5.83 Å². The maximum atomic E-state index is 14.7. The summed E-state index contributed by atoms with van der Waals surface area (Å²) in [6.45, 7) is 4.47. The summed E-state index contributed by atoms with van der Waals surface area (Å²) >= 11 is 0. The molecule has 5 rings (SSSR count). The van der Waals surface area contributed by atoms with E-state index in [9.17, 15) is 14.0 Å². The SMILES string of the molecule is CC(C)(Cc1ccccc1)OC(=O)N1CCC(C(=O)N2c3ccc(-c4ccccc4)c2c3F)C1. The minimum absolute atomic E-state index is 0.178. The first-order valence-electron chi connectivity index (χ1n) is 11.6. The fraction of sp³-hybridized carbons (Fsp3) is 0.286. The first kappa shape index (κ1) is 22.1. The van der Waals surface area contributed by atoms with Crippen LogP contribution in [0.4, 0.5) is 9.18 Å². The Kier molecular flexibility index (Phi) is 5.60. The molecule has 0 N–H and O–H groups in total. The van der Waals surface area contributed by atoms with Gasteiger partial charge in [-0.15, -0.1) is 0 Å². The fourth-order valence-corrected chi connectivity index (χ4v) is 4.83. The average molecular weight is 459 g/mol. The molecular weight excluding hydrogens is 431 g/mol. The third kappa shape index (κ3) is 4.04. The van der Waals surface area contributed by atoms with Crippen LogP contribution < -0.4 is 0 Å². The van der Waals surface area contributed by atoms with Gasteiger partial charge >= 0.3 is 6.09 Å². The second-order valence-electron chi connectivity index (χ2n) is 9.56. The first-order chi connectivity index (χ1) is 16.3. The molecule has 2 aromatic carbocycles. The quantitative estimate of drug-likeness (QED) is 0.597. The zero-order valence-electron chi connectivity index (χ0n) is 19.3. The number of allylic oxidation sites excluding steroid dienone is 4. The summed E-state index contributed by atoms with van der Waals surface area (Å²) < 4.78 is 20.5. The molecule has 5 nitrogen and oxygen atoms in total. The van der Waals surface area contributed by atoms with Crippen molar-refractivity contribution in [1.82, 2.24) is 9.80 Å². The Morgan fingerprint density at radius 1 is 1.03 bits per heavy atom. The molecule has 3 aliphatic heterocycles. The van der Waals surface area contributed by atoms with Crippen molar-refractivity contribution < 1.29 is 18.7 Å². The van der Waals surface area contributed by atoms with Crippen molar-refractivity contribution in [3.8, 4) is 0 Å². The van der Waals surface area contributed by atoms with Gasteiger partial charge in [0.05, 0.1) is 17.3 Å². The van der Waals surface area contributed by atoms with Crippen molar-refractivity contribution in [2.45, 2.75) is 32.3 Å². The van der Waals surface area contributed by atoms with Gasteiger partial charge in [-0.05, 0) is 43.5 Å². The number of amides is 2. The van der Waals surface area contributed by atoms with E-state index in [1.165, 1.54) is 4.90 Å². The number of carbonyl (C=O) groups is 2. The third-order valence-corrected chi connectivity index (χ3v) is 6.50. The Morgan fingerprint density at radius 3 is 2.38 bits per heavy atom. The minimum atomic E-state index is -0.677. The van der Waals surface area contributed by atoms with Gasteiger partial charge < -0.3 is 9.64 Å². The highest BCUT2D eigenvalue weighted by Gasteiger charge is 2.46. The van der Waals surface area contributed by atoms with Crippen molar-refractivity contribution in [2.24, 2.45) is 5.92 Å². The van der Waals surface area contributed by atoms with Crippen LogP contribution in [-0.2, 0) is 16.0 Å². The lowest BCUT2D eigenvalue weighted by Crippen LogP contribution is -2.44. The summed E-state index contributed by atoms with van der Waals surface area (Å²) in [5, 5.41) is 0. The Labute approximate surface area is 198 Å². The zero-order chi connectivity index (χ0) is 23.9. The molecule has 3 heterocycles. The third-order valence-electron chi connectivity index (χ3n) is 6.50. The van der Waals surface area contributed by atoms with E-state index in [1.807, 2.05) is 80.6 Å². The van der Waals surface area contributed by atoms with Crippen molar-refractivity contribution in [3.05, 3.63) is 101 Å². The Balaban J connectivity index is 1.23. The Bertz CT molecular complexity index is 1210. The van der Waals surface area contributed by atoms with Crippen molar-refractivity contribution in [3.63, 3.8) is 0 Å². The summed E-state index contributed by atoms with van der Waals surface area (Å²) in [6.07, 6.45) is 4.19. The van der Waals surface area contributed by atoms with Crippen LogP contribution in [0.1, 0.15) is 31.4 Å². The van der Waals surface area contributed by atoms with E-state index in [2.05, 4.69) is 0 Å². The van der Waals surface area contributed by atoms with Gasteiger partial charge in [-0.25, -0.2) is 9.18 Å². The van der Waals surface area contributed by atoms with Gasteiger partial charge in [0.2, 0.25) is 5.91 Å². The summed E-state index contributed by atoms with van der Waals surface area (Å²) in [6, 6.07) is 19.4. The van der Waals surface area contributed by atoms with Gasteiger partial charge in [0, 0.05) is 25.1 Å². The summed E-state index contributed by atoms with van der Waals surface area (Å²) in [7, 11) is 0. The van der Waals surface area contributed by atoms with E-state index in [0.29, 0.717) is 36.4 Å². The van der Waals surface area contributed by atoms with E-state index >= 15 is 0 Å². The molecule has 0 aliphatic carbocycles. The molecule has 174 valence electrons. The number of hydrogen-bond donors (Lipinski definition) is 0. The molecule has 2 aromatic rings. The largest absolute Gasteiger partial charge is 0.443 e. The maximum Gasteiger partial charge on any atom is 0.410 e. The lowest BCUT2D eigenvalue weighted by molar-refractivity contribution is -0.132. The number of ether oxygens (including phenoxy) is 1. The molecule has 1 atom stereocenters. The number of rotatable bonds is 5. The molecule has 0 aromatic heterocycles. The van der Waals surface area contributed by atoms with Gasteiger partial charge in [-0.3, -0.25) is 9.69 Å². The van der Waals surface area contributed by atoms with Crippen LogP contribution in [0.25, 0.3) is 5.57 Å². The van der Waals surface area contributed by atoms with Crippen molar-refractivity contribution in [2.75, 3.05) is 13.1 Å². The summed E-state index contributed by atoms with van der Waals surface area (Å²) in [5.74, 6) is -0.930. The fourth-order valence-electron chi connectivity index (χ4n) is 4.83. The minimum Gasteiger partial charge on any atom is -0.443 e. The van der Waals surface area contributed by atoms with Crippen LogP contribution in [0, 0.1) is 5.92 Å². The average Bonchev–Trinajstić information content (AvgIpc) is 3.34. The van der Waals surface area contributed by atoms with Crippen LogP contribution in [-0.4, -0.2) is 40.5 Å². The van der Waals surface area contributed by atoms with E-state index in [4.69, 9.17) is 4.74 Å². The van der Waals surface area contributed by atoms with Crippen LogP contribution >= 0.6 is 0 Å². The highest BCUT2D eigenvalue weighted by molar-refractivity contribution is 5.97. The van der Waals surface area contributed by atoms with Crippen molar-refractivity contribution in [1.29, 1.82) is 0 Å². The maximum absolute atomic E-state index is 14.7. The summed E-state index contributed by atoms with van der Waals surface area (Å²) in [4.78, 5) is 29.2. The highest BCUT2D eigenvalue weighted by Crippen LogP contribution is 2.48. The van der Waals surface area contributed by atoms with Gasteiger partial charge in [0.1, 0.15) is 5.60 Å². The number of benzene rings is 2. The zero-order valence-corrected chi connectivity index (χ0v) is 19.3. The molecule has 1 unspecified atom stereocenters. The predicted molar refractivity (Wildman–Crippen MR) is 128 cm³/mol. The number of nitrogens with zero attached hydrogens (tertiary/aromatic N) is 2. The number of likely N-dealkylation sites (tertiary alicyclic amines) is 1.